The second-order valence-corrected chi connectivity index (χ2v) is 7.47. The molecule has 0 aliphatic carbocycles. The molecule has 0 bridgehead atoms. The van der Waals surface area contributed by atoms with Gasteiger partial charge in [0.1, 0.15) is 6.26 Å². The number of hydrogen-bond donors (Lipinski definition) is 1. The van der Waals surface area contributed by atoms with Crippen LogP contribution in [0.5, 0.6) is 23.0 Å². The minimum atomic E-state index is -0.260. The summed E-state index contributed by atoms with van der Waals surface area (Å²) in [5, 5.41) is 2.73. The highest BCUT2D eigenvalue weighted by Gasteiger charge is 2.20. The Labute approximate surface area is 192 Å². The van der Waals surface area contributed by atoms with Crippen molar-refractivity contribution < 1.29 is 28.2 Å². The van der Waals surface area contributed by atoms with Gasteiger partial charge in [0.25, 0.3) is 5.91 Å². The number of ether oxygens (including phenoxy) is 4. The van der Waals surface area contributed by atoms with Crippen LogP contribution in [0, 0.1) is 0 Å². The van der Waals surface area contributed by atoms with E-state index in [9.17, 15) is 4.79 Å². The summed E-state index contributed by atoms with van der Waals surface area (Å²) in [6.45, 7) is 4.10. The first-order valence-corrected chi connectivity index (χ1v) is 10.6. The second-order valence-electron chi connectivity index (χ2n) is 7.47. The average Bonchev–Trinajstić information content (AvgIpc) is 3.48. The van der Waals surface area contributed by atoms with E-state index in [1.54, 1.807) is 14.2 Å². The molecule has 0 unspecified atom stereocenters. The van der Waals surface area contributed by atoms with E-state index in [1.807, 2.05) is 43.3 Å². The Hall–Kier alpha value is -3.72. The van der Waals surface area contributed by atoms with Gasteiger partial charge in [-0.1, -0.05) is 18.2 Å². The van der Waals surface area contributed by atoms with E-state index in [2.05, 4.69) is 15.2 Å². The van der Waals surface area contributed by atoms with Crippen LogP contribution in [0.2, 0.25) is 0 Å². The summed E-state index contributed by atoms with van der Waals surface area (Å²) in [4.78, 5) is 18.6. The van der Waals surface area contributed by atoms with Crippen molar-refractivity contribution in [1.82, 2.24) is 15.2 Å². The largest absolute Gasteiger partial charge is 0.493 e. The fraction of sp³-hybridized carbons (Fsp3) is 0.333. The number of methoxy groups -OCH3 is 2. The third-order valence-electron chi connectivity index (χ3n) is 5.20. The predicted molar refractivity (Wildman–Crippen MR) is 120 cm³/mol. The molecule has 33 heavy (non-hydrogen) atoms. The van der Waals surface area contributed by atoms with Crippen molar-refractivity contribution >= 4 is 5.91 Å². The smallest absolute Gasteiger partial charge is 0.273 e. The zero-order chi connectivity index (χ0) is 23.2. The Bertz CT molecular complexity index is 1110. The molecule has 1 aromatic heterocycles. The maximum absolute atomic E-state index is 12.1. The summed E-state index contributed by atoms with van der Waals surface area (Å²) in [6, 6.07) is 11.6. The van der Waals surface area contributed by atoms with Gasteiger partial charge in [0.05, 0.1) is 20.8 Å². The third-order valence-corrected chi connectivity index (χ3v) is 5.20. The first kappa shape index (κ1) is 22.5. The van der Waals surface area contributed by atoms with Crippen LogP contribution >= 0.6 is 0 Å². The number of fused-ring (bicyclic) bond motifs is 1. The van der Waals surface area contributed by atoms with Gasteiger partial charge in [0.15, 0.2) is 28.7 Å². The van der Waals surface area contributed by atoms with Crippen LogP contribution in [0.3, 0.4) is 0 Å². The van der Waals surface area contributed by atoms with E-state index in [1.165, 1.54) is 6.26 Å². The third kappa shape index (κ3) is 5.20. The molecule has 3 aromatic rings. The van der Waals surface area contributed by atoms with E-state index in [4.69, 9.17) is 23.4 Å². The van der Waals surface area contributed by atoms with Gasteiger partial charge >= 0.3 is 0 Å². The number of carbonyl (C=O) groups excluding carboxylic acids is 1. The number of carbonyl (C=O) groups is 1. The first-order valence-electron chi connectivity index (χ1n) is 10.6. The quantitative estimate of drug-likeness (QED) is 0.499. The molecule has 1 aliphatic rings. The predicted octanol–water partition coefficient (Wildman–Crippen LogP) is 3.37. The van der Waals surface area contributed by atoms with E-state index >= 15 is 0 Å². The van der Waals surface area contributed by atoms with Crippen molar-refractivity contribution in [1.29, 1.82) is 0 Å². The number of oxazole rings is 1. The number of nitrogens with zero attached hydrogens (tertiary/aromatic N) is 2. The Morgan fingerprint density at radius 1 is 1.09 bits per heavy atom. The zero-order valence-corrected chi connectivity index (χ0v) is 18.9. The molecule has 0 saturated heterocycles. The lowest BCUT2D eigenvalue weighted by molar-refractivity contribution is 0.0950. The van der Waals surface area contributed by atoms with Crippen LogP contribution in [0.1, 0.15) is 34.4 Å². The Balaban J connectivity index is 1.59. The first-order chi connectivity index (χ1) is 16.1. The van der Waals surface area contributed by atoms with E-state index in [0.29, 0.717) is 43.6 Å². The van der Waals surface area contributed by atoms with E-state index in [-0.39, 0.29) is 18.4 Å². The maximum Gasteiger partial charge on any atom is 0.273 e. The summed E-state index contributed by atoms with van der Waals surface area (Å²) in [6.07, 6.45) is 1.38. The second kappa shape index (κ2) is 10.3. The monoisotopic (exact) mass is 453 g/mol. The summed E-state index contributed by atoms with van der Waals surface area (Å²) >= 11 is 0. The van der Waals surface area contributed by atoms with Gasteiger partial charge in [-0.2, -0.15) is 0 Å². The molecule has 9 nitrogen and oxygen atoms in total. The normalized spacial score (nSPS) is 12.1. The van der Waals surface area contributed by atoms with Gasteiger partial charge in [0, 0.05) is 25.2 Å². The number of para-hydroxylation sites is 1. The van der Waals surface area contributed by atoms with E-state index in [0.717, 1.165) is 22.6 Å². The lowest BCUT2D eigenvalue weighted by atomic mass is 10.1. The molecular weight excluding hydrogens is 426 g/mol. The van der Waals surface area contributed by atoms with Crippen LogP contribution in [0.25, 0.3) is 0 Å². The van der Waals surface area contributed by atoms with Gasteiger partial charge < -0.3 is 28.7 Å². The van der Waals surface area contributed by atoms with Crippen LogP contribution in [-0.4, -0.2) is 43.3 Å². The van der Waals surface area contributed by atoms with Crippen molar-refractivity contribution in [3.8, 4) is 23.0 Å². The molecule has 1 N–H and O–H groups in total. The molecule has 0 fully saturated rings. The standard InChI is InChI=1S/C24H27N3O6/c1-4-25-24(28)18-14-31-22(26-18)13-27(11-16-8-9-19-21(10-16)33-15-32-19)12-17-6-5-7-20(29-2)23(17)30-3/h5-10,14H,4,11-13,15H2,1-3H3,(H,25,28). The van der Waals surface area contributed by atoms with Gasteiger partial charge in [-0.05, 0) is 30.7 Å². The highest BCUT2D eigenvalue weighted by atomic mass is 16.7. The fourth-order valence-corrected chi connectivity index (χ4v) is 3.71. The molecule has 1 amide bonds. The molecule has 0 radical (unpaired) electrons. The Kier molecular flexibility index (Phi) is 6.99. The van der Waals surface area contributed by atoms with Gasteiger partial charge in [-0.15, -0.1) is 0 Å². The summed E-state index contributed by atoms with van der Waals surface area (Å²) in [5.74, 6) is 2.97. The average molecular weight is 453 g/mol. The topological polar surface area (TPSA) is 95.3 Å². The lowest BCUT2D eigenvalue weighted by Crippen LogP contribution is -2.24. The van der Waals surface area contributed by atoms with Gasteiger partial charge in [-0.3, -0.25) is 9.69 Å². The fourth-order valence-electron chi connectivity index (χ4n) is 3.71. The number of amides is 1. The lowest BCUT2D eigenvalue weighted by Gasteiger charge is -2.23. The number of benzene rings is 2. The summed E-state index contributed by atoms with van der Waals surface area (Å²) in [5.41, 5.74) is 2.25. The number of hydrogen-bond acceptors (Lipinski definition) is 8. The summed E-state index contributed by atoms with van der Waals surface area (Å²) in [7, 11) is 3.23. The minimum absolute atomic E-state index is 0.225. The van der Waals surface area contributed by atoms with Crippen LogP contribution in [-0.2, 0) is 19.6 Å². The SMILES string of the molecule is CCNC(=O)c1coc(CN(Cc2ccc3c(c2)OCO3)Cc2cccc(OC)c2OC)n1. The zero-order valence-electron chi connectivity index (χ0n) is 18.9. The molecule has 9 heteroatoms. The molecule has 2 aromatic carbocycles. The molecule has 4 rings (SSSR count). The van der Waals surface area contributed by atoms with Crippen molar-refractivity contribution in [2.75, 3.05) is 27.6 Å². The van der Waals surface area contributed by atoms with Crippen molar-refractivity contribution in [3.05, 3.63) is 65.4 Å². The minimum Gasteiger partial charge on any atom is -0.493 e. The highest BCUT2D eigenvalue weighted by Crippen LogP contribution is 2.34. The molecule has 0 saturated carbocycles. The molecular formula is C24H27N3O6. The van der Waals surface area contributed by atoms with Crippen LogP contribution < -0.4 is 24.3 Å². The van der Waals surface area contributed by atoms with Gasteiger partial charge in [0.2, 0.25) is 12.7 Å². The van der Waals surface area contributed by atoms with Crippen molar-refractivity contribution in [2.45, 2.75) is 26.6 Å². The van der Waals surface area contributed by atoms with Crippen LogP contribution in [0.15, 0.2) is 47.1 Å². The van der Waals surface area contributed by atoms with Crippen molar-refractivity contribution in [2.24, 2.45) is 0 Å². The maximum atomic E-state index is 12.1. The van der Waals surface area contributed by atoms with Gasteiger partial charge in [-0.25, -0.2) is 4.98 Å². The molecule has 1 aliphatic heterocycles. The number of rotatable bonds is 10. The van der Waals surface area contributed by atoms with Crippen LogP contribution in [0.4, 0.5) is 0 Å². The molecule has 174 valence electrons. The van der Waals surface area contributed by atoms with Crippen molar-refractivity contribution in [3.63, 3.8) is 0 Å². The Morgan fingerprint density at radius 3 is 2.73 bits per heavy atom. The Morgan fingerprint density at radius 2 is 1.94 bits per heavy atom. The number of nitrogens with one attached hydrogen (secondary N) is 1. The molecule has 0 atom stereocenters. The molecule has 2 heterocycles. The summed E-state index contributed by atoms with van der Waals surface area (Å²) < 4.78 is 27.6. The van der Waals surface area contributed by atoms with E-state index < -0.39 is 0 Å². The molecule has 0 spiro atoms. The number of aromatic nitrogens is 1. The highest BCUT2D eigenvalue weighted by molar-refractivity contribution is 5.91.